The zero-order valence-corrected chi connectivity index (χ0v) is 12.5. The minimum atomic E-state index is -0.175. The van der Waals surface area contributed by atoms with E-state index in [2.05, 4.69) is 0 Å². The molecule has 0 aromatic heterocycles. The van der Waals surface area contributed by atoms with Crippen molar-refractivity contribution in [2.45, 2.75) is 12.8 Å². The minimum absolute atomic E-state index is 0.117. The molecular weight excluding hydrogens is 292 g/mol. The third-order valence-corrected chi connectivity index (χ3v) is 3.24. The van der Waals surface area contributed by atoms with Crippen LogP contribution in [-0.2, 0) is 11.2 Å². The second-order valence-electron chi connectivity index (χ2n) is 5.13. The van der Waals surface area contributed by atoms with Crippen LogP contribution in [0, 0.1) is 0 Å². The average Bonchev–Trinajstić information content (AvgIpc) is 2.54. The number of carbonyl (C=O) groups is 1. The second kappa shape index (κ2) is 7.84. The number of aliphatic hydroxyl groups excluding tert-OH is 1. The van der Waals surface area contributed by atoms with Crippen LogP contribution >= 0.6 is 0 Å². The van der Waals surface area contributed by atoms with E-state index in [-0.39, 0.29) is 29.5 Å². The molecule has 0 saturated heterocycles. The molecule has 0 atom stereocenters. The van der Waals surface area contributed by atoms with Gasteiger partial charge in [0.25, 0.3) is 0 Å². The number of carbonyl (C=O) groups excluding carboxylic acids is 1. The van der Waals surface area contributed by atoms with Crippen LogP contribution in [0.5, 0.6) is 11.5 Å². The van der Waals surface area contributed by atoms with Gasteiger partial charge in [0, 0.05) is 12.5 Å². The second-order valence-corrected chi connectivity index (χ2v) is 5.13. The Hall–Kier alpha value is -3.01. The normalized spacial score (nSPS) is 11.7. The maximum Gasteiger partial charge on any atom is 0.159 e. The number of phenols is 2. The van der Waals surface area contributed by atoms with Gasteiger partial charge in [-0.15, -0.1) is 0 Å². The molecule has 0 radical (unpaired) electrons. The lowest BCUT2D eigenvalue weighted by Crippen LogP contribution is -1.97. The van der Waals surface area contributed by atoms with Crippen molar-refractivity contribution >= 4 is 11.9 Å². The highest BCUT2D eigenvalue weighted by molar-refractivity contribution is 5.90. The van der Waals surface area contributed by atoms with Crippen molar-refractivity contribution in [2.24, 2.45) is 0 Å². The average molecular weight is 310 g/mol. The van der Waals surface area contributed by atoms with Crippen LogP contribution < -0.4 is 0 Å². The number of ketones is 1. The lowest BCUT2D eigenvalue weighted by Gasteiger charge is -1.99. The summed E-state index contributed by atoms with van der Waals surface area (Å²) in [6, 6.07) is 13.2. The molecule has 118 valence electrons. The molecule has 2 aromatic rings. The van der Waals surface area contributed by atoms with E-state index in [1.54, 1.807) is 54.6 Å². The first-order valence-electron chi connectivity index (χ1n) is 7.21. The van der Waals surface area contributed by atoms with Gasteiger partial charge in [-0.05, 0) is 47.9 Å². The highest BCUT2D eigenvalue weighted by Crippen LogP contribution is 2.13. The molecule has 3 N–H and O–H groups in total. The molecule has 0 aliphatic carbocycles. The molecule has 0 heterocycles. The topological polar surface area (TPSA) is 77.8 Å². The Morgan fingerprint density at radius 3 is 2.09 bits per heavy atom. The fourth-order valence-electron chi connectivity index (χ4n) is 1.98. The molecule has 4 heteroatoms. The molecule has 0 amide bonds. The van der Waals surface area contributed by atoms with Crippen LogP contribution in [0.2, 0.25) is 0 Å². The number of hydrogen-bond acceptors (Lipinski definition) is 4. The van der Waals surface area contributed by atoms with Crippen molar-refractivity contribution in [3.63, 3.8) is 0 Å². The smallest absolute Gasteiger partial charge is 0.159 e. The largest absolute Gasteiger partial charge is 0.508 e. The number of allylic oxidation sites excluding steroid dienone is 2. The Morgan fingerprint density at radius 2 is 1.48 bits per heavy atom. The van der Waals surface area contributed by atoms with Gasteiger partial charge in [0.2, 0.25) is 0 Å². The number of aliphatic hydroxyl groups is 1. The summed E-state index contributed by atoms with van der Waals surface area (Å²) in [5.41, 5.74) is 1.75. The van der Waals surface area contributed by atoms with Gasteiger partial charge in [-0.1, -0.05) is 30.3 Å². The molecular formula is C19H18O4. The van der Waals surface area contributed by atoms with Gasteiger partial charge in [-0.2, -0.15) is 0 Å². The molecule has 0 aliphatic rings. The molecule has 0 spiro atoms. The van der Waals surface area contributed by atoms with Crippen molar-refractivity contribution in [1.82, 2.24) is 0 Å². The van der Waals surface area contributed by atoms with Crippen molar-refractivity contribution in [2.75, 3.05) is 0 Å². The first kappa shape index (κ1) is 16.4. The fraction of sp³-hybridized carbons (Fsp3) is 0.105. The van der Waals surface area contributed by atoms with Gasteiger partial charge in [-0.3, -0.25) is 4.79 Å². The standard InChI is InChI=1S/C19H18O4/c20-16-7-1-14(2-8-16)5-11-18(22)13-19(23)12-6-15-3-9-17(21)10-4-15/h1-5,7-11,13,20-22H,6,12H2/b11-5+,18-13-. The van der Waals surface area contributed by atoms with E-state index in [4.69, 9.17) is 0 Å². The van der Waals surface area contributed by atoms with Gasteiger partial charge < -0.3 is 15.3 Å². The first-order chi connectivity index (χ1) is 11.0. The quantitative estimate of drug-likeness (QED) is 0.431. The summed E-state index contributed by atoms with van der Waals surface area (Å²) < 4.78 is 0. The van der Waals surface area contributed by atoms with Gasteiger partial charge in [0.15, 0.2) is 5.78 Å². The van der Waals surface area contributed by atoms with Crippen LogP contribution in [-0.4, -0.2) is 21.1 Å². The highest BCUT2D eigenvalue weighted by atomic mass is 16.3. The SMILES string of the molecule is O=C(/C=C(O)/C=C/c1ccc(O)cc1)CCc1ccc(O)cc1. The van der Waals surface area contributed by atoms with Crippen LogP contribution in [0.15, 0.2) is 66.4 Å². The van der Waals surface area contributed by atoms with E-state index in [1.807, 2.05) is 0 Å². The number of hydrogen-bond donors (Lipinski definition) is 3. The molecule has 2 rings (SSSR count). The highest BCUT2D eigenvalue weighted by Gasteiger charge is 2.01. The Labute approximate surface area is 134 Å². The van der Waals surface area contributed by atoms with Crippen LogP contribution in [0.1, 0.15) is 17.5 Å². The number of phenolic OH excluding ortho intramolecular Hbond substituents is 2. The van der Waals surface area contributed by atoms with E-state index in [1.165, 1.54) is 12.2 Å². The van der Waals surface area contributed by atoms with Crippen molar-refractivity contribution < 1.29 is 20.1 Å². The minimum Gasteiger partial charge on any atom is -0.508 e. The predicted molar refractivity (Wildman–Crippen MR) is 89.3 cm³/mol. The van der Waals surface area contributed by atoms with Gasteiger partial charge in [-0.25, -0.2) is 0 Å². The molecule has 0 unspecified atom stereocenters. The van der Waals surface area contributed by atoms with Crippen molar-refractivity contribution in [3.8, 4) is 11.5 Å². The fourth-order valence-corrected chi connectivity index (χ4v) is 1.98. The number of rotatable bonds is 6. The molecule has 0 bridgehead atoms. The summed E-state index contributed by atoms with van der Waals surface area (Å²) in [5, 5.41) is 28.1. The first-order valence-corrected chi connectivity index (χ1v) is 7.21. The Bertz CT molecular complexity index is 710. The maximum absolute atomic E-state index is 11.8. The summed E-state index contributed by atoms with van der Waals surface area (Å²) in [7, 11) is 0. The van der Waals surface area contributed by atoms with Gasteiger partial charge >= 0.3 is 0 Å². The van der Waals surface area contributed by atoms with Crippen LogP contribution in [0.4, 0.5) is 0 Å². The number of aryl methyl sites for hydroxylation is 1. The lowest BCUT2D eigenvalue weighted by molar-refractivity contribution is -0.114. The zero-order valence-electron chi connectivity index (χ0n) is 12.5. The zero-order chi connectivity index (χ0) is 16.7. The Balaban J connectivity index is 1.88. The summed E-state index contributed by atoms with van der Waals surface area (Å²) in [6.45, 7) is 0. The Morgan fingerprint density at radius 1 is 0.913 bits per heavy atom. The summed E-state index contributed by atoms with van der Waals surface area (Å²) in [5.74, 6) is 0.0722. The molecule has 4 nitrogen and oxygen atoms in total. The van der Waals surface area contributed by atoms with Crippen LogP contribution in [0.3, 0.4) is 0 Å². The summed E-state index contributed by atoms with van der Waals surface area (Å²) in [4.78, 5) is 11.8. The van der Waals surface area contributed by atoms with Crippen LogP contribution in [0.25, 0.3) is 6.08 Å². The van der Waals surface area contributed by atoms with E-state index in [0.717, 1.165) is 11.1 Å². The monoisotopic (exact) mass is 310 g/mol. The molecule has 0 aliphatic heterocycles. The third kappa shape index (κ3) is 5.71. The van der Waals surface area contributed by atoms with E-state index in [9.17, 15) is 20.1 Å². The van der Waals surface area contributed by atoms with E-state index in [0.29, 0.717) is 6.42 Å². The summed E-state index contributed by atoms with van der Waals surface area (Å²) in [6.07, 6.45) is 5.10. The molecule has 0 fully saturated rings. The molecule has 23 heavy (non-hydrogen) atoms. The van der Waals surface area contributed by atoms with Crippen molar-refractivity contribution in [1.29, 1.82) is 0 Å². The Kier molecular flexibility index (Phi) is 5.58. The van der Waals surface area contributed by atoms with Gasteiger partial charge in [0.1, 0.15) is 17.3 Å². The third-order valence-electron chi connectivity index (χ3n) is 3.24. The van der Waals surface area contributed by atoms with Crippen molar-refractivity contribution in [3.05, 3.63) is 77.6 Å². The molecule has 0 saturated carbocycles. The number of benzene rings is 2. The van der Waals surface area contributed by atoms with Gasteiger partial charge in [0.05, 0.1) is 0 Å². The lowest BCUT2D eigenvalue weighted by atomic mass is 10.1. The maximum atomic E-state index is 11.8. The van der Waals surface area contributed by atoms with E-state index < -0.39 is 0 Å². The number of aromatic hydroxyl groups is 2. The predicted octanol–water partition coefficient (Wildman–Crippen LogP) is 3.75. The molecule has 2 aromatic carbocycles. The van der Waals surface area contributed by atoms with E-state index >= 15 is 0 Å². The summed E-state index contributed by atoms with van der Waals surface area (Å²) >= 11 is 0.